The Balaban J connectivity index is 2.86. The van der Waals surface area contributed by atoms with Gasteiger partial charge >= 0.3 is 0 Å². The summed E-state index contributed by atoms with van der Waals surface area (Å²) < 4.78 is 0. The van der Waals surface area contributed by atoms with Crippen molar-refractivity contribution in [3.05, 3.63) is 29.3 Å². The van der Waals surface area contributed by atoms with Crippen molar-refractivity contribution >= 4 is 11.6 Å². The van der Waals surface area contributed by atoms with Crippen LogP contribution in [0.3, 0.4) is 0 Å². The van der Waals surface area contributed by atoms with E-state index in [1.807, 2.05) is 45.9 Å². The van der Waals surface area contributed by atoms with Crippen LogP contribution in [0.5, 0.6) is 0 Å². The summed E-state index contributed by atoms with van der Waals surface area (Å²) in [7, 11) is 0. The van der Waals surface area contributed by atoms with E-state index in [1.165, 1.54) is 0 Å². The largest absolute Gasteiger partial charge is 0.326 e. The summed E-state index contributed by atoms with van der Waals surface area (Å²) in [6.07, 6.45) is 0. The molecule has 0 aliphatic heterocycles. The van der Waals surface area contributed by atoms with E-state index >= 15 is 0 Å². The molecule has 0 radical (unpaired) electrons. The lowest BCUT2D eigenvalue weighted by Gasteiger charge is -2.10. The Hall–Kier alpha value is -1.31. The summed E-state index contributed by atoms with van der Waals surface area (Å²) in [4.78, 5) is 11.5. The molecule has 2 heteroatoms. The minimum atomic E-state index is 0.0231. The first-order chi connectivity index (χ1) is 6.50. The Kier molecular flexibility index (Phi) is 3.28. The SMILES string of the molecule is Cc1ccc(C)c(NC(=O)C(C)C)c1. The van der Waals surface area contributed by atoms with Crippen LogP contribution in [-0.2, 0) is 4.79 Å². The van der Waals surface area contributed by atoms with Gasteiger partial charge in [0.2, 0.25) is 5.91 Å². The molecule has 14 heavy (non-hydrogen) atoms. The average Bonchev–Trinajstić information content (AvgIpc) is 2.11. The number of rotatable bonds is 2. The lowest BCUT2D eigenvalue weighted by Crippen LogP contribution is -2.18. The number of nitrogens with one attached hydrogen (secondary N) is 1. The van der Waals surface area contributed by atoms with Crippen LogP contribution in [0, 0.1) is 19.8 Å². The van der Waals surface area contributed by atoms with Crippen molar-refractivity contribution in [3.63, 3.8) is 0 Å². The molecule has 0 bridgehead atoms. The van der Waals surface area contributed by atoms with Gasteiger partial charge in [-0.25, -0.2) is 0 Å². The first kappa shape index (κ1) is 10.8. The van der Waals surface area contributed by atoms with Crippen molar-refractivity contribution in [1.29, 1.82) is 0 Å². The van der Waals surface area contributed by atoms with Gasteiger partial charge < -0.3 is 5.32 Å². The van der Waals surface area contributed by atoms with Gasteiger partial charge in [0.25, 0.3) is 0 Å². The number of aryl methyl sites for hydroxylation is 2. The van der Waals surface area contributed by atoms with Gasteiger partial charge in [0, 0.05) is 11.6 Å². The molecular formula is C12H17NO. The zero-order valence-electron chi connectivity index (χ0n) is 9.22. The van der Waals surface area contributed by atoms with Crippen LogP contribution in [0.25, 0.3) is 0 Å². The molecule has 0 spiro atoms. The van der Waals surface area contributed by atoms with E-state index in [-0.39, 0.29) is 11.8 Å². The summed E-state index contributed by atoms with van der Waals surface area (Å²) in [6.45, 7) is 7.79. The zero-order valence-corrected chi connectivity index (χ0v) is 9.22. The van der Waals surface area contributed by atoms with Crippen LogP contribution < -0.4 is 5.32 Å². The highest BCUT2D eigenvalue weighted by Crippen LogP contribution is 2.16. The van der Waals surface area contributed by atoms with Crippen molar-refractivity contribution < 1.29 is 4.79 Å². The first-order valence-electron chi connectivity index (χ1n) is 4.89. The predicted molar refractivity (Wildman–Crippen MR) is 59.4 cm³/mol. The fraction of sp³-hybridized carbons (Fsp3) is 0.417. The van der Waals surface area contributed by atoms with E-state index in [0.717, 1.165) is 16.8 Å². The monoisotopic (exact) mass is 191 g/mol. The van der Waals surface area contributed by atoms with Gasteiger partial charge in [0.1, 0.15) is 0 Å². The zero-order chi connectivity index (χ0) is 10.7. The number of hydrogen-bond donors (Lipinski definition) is 1. The molecule has 2 nitrogen and oxygen atoms in total. The van der Waals surface area contributed by atoms with Gasteiger partial charge in [0.05, 0.1) is 0 Å². The Morgan fingerprint density at radius 3 is 2.50 bits per heavy atom. The number of benzene rings is 1. The first-order valence-corrected chi connectivity index (χ1v) is 4.89. The second-order valence-corrected chi connectivity index (χ2v) is 3.96. The van der Waals surface area contributed by atoms with E-state index in [4.69, 9.17) is 0 Å². The lowest BCUT2D eigenvalue weighted by molar-refractivity contribution is -0.118. The molecule has 1 aromatic rings. The topological polar surface area (TPSA) is 29.1 Å². The minimum Gasteiger partial charge on any atom is -0.326 e. The van der Waals surface area contributed by atoms with E-state index in [1.54, 1.807) is 0 Å². The number of hydrogen-bond acceptors (Lipinski definition) is 1. The number of carbonyl (C=O) groups excluding carboxylic acids is 1. The van der Waals surface area contributed by atoms with Crippen LogP contribution in [-0.4, -0.2) is 5.91 Å². The standard InChI is InChI=1S/C12H17NO/c1-8(2)12(14)13-11-7-9(3)5-6-10(11)4/h5-8H,1-4H3,(H,13,14). The smallest absolute Gasteiger partial charge is 0.226 e. The van der Waals surface area contributed by atoms with Gasteiger partial charge in [-0.15, -0.1) is 0 Å². The molecule has 0 atom stereocenters. The van der Waals surface area contributed by atoms with E-state index in [0.29, 0.717) is 0 Å². The molecule has 76 valence electrons. The van der Waals surface area contributed by atoms with Crippen LogP contribution >= 0.6 is 0 Å². The molecule has 1 rings (SSSR count). The molecule has 0 aliphatic carbocycles. The summed E-state index contributed by atoms with van der Waals surface area (Å²) >= 11 is 0. The Morgan fingerprint density at radius 1 is 1.29 bits per heavy atom. The fourth-order valence-corrected chi connectivity index (χ4v) is 1.15. The van der Waals surface area contributed by atoms with E-state index in [2.05, 4.69) is 5.32 Å². The number of amides is 1. The highest BCUT2D eigenvalue weighted by atomic mass is 16.1. The molecule has 1 amide bonds. The summed E-state index contributed by atoms with van der Waals surface area (Å²) in [5, 5.41) is 2.91. The average molecular weight is 191 g/mol. The van der Waals surface area contributed by atoms with Gasteiger partial charge in [-0.1, -0.05) is 26.0 Å². The lowest BCUT2D eigenvalue weighted by atomic mass is 10.1. The van der Waals surface area contributed by atoms with Crippen molar-refractivity contribution in [2.75, 3.05) is 5.32 Å². The van der Waals surface area contributed by atoms with Crippen LogP contribution in [0.1, 0.15) is 25.0 Å². The molecule has 1 N–H and O–H groups in total. The molecule has 0 fully saturated rings. The molecule has 0 saturated heterocycles. The number of carbonyl (C=O) groups is 1. The Labute approximate surface area is 85.3 Å². The maximum absolute atomic E-state index is 11.5. The second kappa shape index (κ2) is 4.27. The van der Waals surface area contributed by atoms with Crippen LogP contribution in [0.15, 0.2) is 18.2 Å². The Bertz CT molecular complexity index is 342. The molecule has 0 heterocycles. The molecular weight excluding hydrogens is 174 g/mol. The summed E-state index contributed by atoms with van der Waals surface area (Å²) in [6, 6.07) is 6.06. The van der Waals surface area contributed by atoms with Gasteiger partial charge in [-0.05, 0) is 31.0 Å². The number of anilines is 1. The highest BCUT2D eigenvalue weighted by molar-refractivity contribution is 5.92. The highest BCUT2D eigenvalue weighted by Gasteiger charge is 2.08. The second-order valence-electron chi connectivity index (χ2n) is 3.96. The fourth-order valence-electron chi connectivity index (χ4n) is 1.15. The summed E-state index contributed by atoms with van der Waals surface area (Å²) in [5.74, 6) is 0.0913. The van der Waals surface area contributed by atoms with Gasteiger partial charge in [-0.3, -0.25) is 4.79 Å². The molecule has 0 saturated carbocycles. The third-order valence-corrected chi connectivity index (χ3v) is 2.18. The van der Waals surface area contributed by atoms with E-state index < -0.39 is 0 Å². The maximum Gasteiger partial charge on any atom is 0.226 e. The minimum absolute atomic E-state index is 0.0231. The van der Waals surface area contributed by atoms with Crippen molar-refractivity contribution in [2.24, 2.45) is 5.92 Å². The molecule has 0 aromatic heterocycles. The van der Waals surface area contributed by atoms with Crippen molar-refractivity contribution in [3.8, 4) is 0 Å². The van der Waals surface area contributed by atoms with Crippen LogP contribution in [0.4, 0.5) is 5.69 Å². The third kappa shape index (κ3) is 2.59. The van der Waals surface area contributed by atoms with Crippen LogP contribution in [0.2, 0.25) is 0 Å². The summed E-state index contributed by atoms with van der Waals surface area (Å²) in [5.41, 5.74) is 3.18. The molecule has 1 aromatic carbocycles. The normalized spacial score (nSPS) is 10.4. The molecule has 0 unspecified atom stereocenters. The maximum atomic E-state index is 11.5. The van der Waals surface area contributed by atoms with E-state index in [9.17, 15) is 4.79 Å². The Morgan fingerprint density at radius 2 is 1.93 bits per heavy atom. The third-order valence-electron chi connectivity index (χ3n) is 2.18. The van der Waals surface area contributed by atoms with Crippen molar-refractivity contribution in [1.82, 2.24) is 0 Å². The van der Waals surface area contributed by atoms with Gasteiger partial charge in [0.15, 0.2) is 0 Å². The quantitative estimate of drug-likeness (QED) is 0.765. The predicted octanol–water partition coefficient (Wildman–Crippen LogP) is 2.90. The van der Waals surface area contributed by atoms with Gasteiger partial charge in [-0.2, -0.15) is 0 Å². The molecule has 0 aliphatic rings. The van der Waals surface area contributed by atoms with Crippen molar-refractivity contribution in [2.45, 2.75) is 27.7 Å².